The molecule has 9 aromatic carbocycles. The lowest BCUT2D eigenvalue weighted by molar-refractivity contribution is 1.34. The maximum atomic E-state index is 11.4. The number of pyridine rings is 4. The van der Waals surface area contributed by atoms with Crippen molar-refractivity contribution >= 4 is 49.3 Å². The largest absolute Gasteiger partial charge is 0.257 e. The van der Waals surface area contributed by atoms with Gasteiger partial charge in [0.15, 0.2) is 0 Å². The van der Waals surface area contributed by atoms with Crippen LogP contribution in [-0.2, 0) is 0 Å². The number of nitriles is 1. The molecule has 4 heterocycles. The molecule has 0 radical (unpaired) electrons. The smallest absolute Gasteiger partial charge is 0.221 e. The highest BCUT2D eigenvalue weighted by molar-refractivity contribution is 6.18. The SMILES string of the molecule is [C-]#[N+]c1c(-c2ccccc2)nc2c(ccc3c(-c4ccccc4)cc(-c4ccccc4)nc32)c1-c1cccc(-c2c(C#N)c(-c3ccccc3)nc3c2ccc2c(-c4ccccc4)cc(-c4ccccc4)nc23)c1. The third-order valence-electron chi connectivity index (χ3n) is 13.9. The van der Waals surface area contributed by atoms with Crippen molar-refractivity contribution in [3.8, 4) is 95.6 Å². The average molecular weight is 941 g/mol. The first-order chi connectivity index (χ1) is 36.6. The Labute approximate surface area is 427 Å². The minimum atomic E-state index is 0.421. The zero-order chi connectivity index (χ0) is 49.5. The highest BCUT2D eigenvalue weighted by Crippen LogP contribution is 2.48. The molecule has 0 aliphatic carbocycles. The van der Waals surface area contributed by atoms with E-state index in [0.29, 0.717) is 33.7 Å². The molecule has 74 heavy (non-hydrogen) atoms. The number of nitrogens with zero attached hydrogens (tertiary/aromatic N) is 6. The van der Waals surface area contributed by atoms with E-state index in [1.807, 2.05) is 115 Å². The molecule has 6 nitrogen and oxygen atoms in total. The Morgan fingerprint density at radius 3 is 1.12 bits per heavy atom. The van der Waals surface area contributed by atoms with E-state index in [1.54, 1.807) is 0 Å². The van der Waals surface area contributed by atoms with Gasteiger partial charge in [0.2, 0.25) is 5.69 Å². The third kappa shape index (κ3) is 7.51. The van der Waals surface area contributed by atoms with Crippen LogP contribution in [0.5, 0.6) is 0 Å². The first kappa shape index (κ1) is 43.6. The van der Waals surface area contributed by atoms with Crippen LogP contribution in [0, 0.1) is 17.9 Å². The quantitative estimate of drug-likeness (QED) is 0.112. The van der Waals surface area contributed by atoms with Gasteiger partial charge >= 0.3 is 0 Å². The van der Waals surface area contributed by atoms with Crippen molar-refractivity contribution in [2.24, 2.45) is 0 Å². The van der Waals surface area contributed by atoms with Crippen LogP contribution >= 0.6 is 0 Å². The fraction of sp³-hybridized carbons (Fsp3) is 0. The standard InChI is InChI=1S/C68H40N6/c1-70-68-61(54-38-36-52-56(44-23-10-3-11-24-44)41-59(46-27-14-5-15-28-46)72-65(52)67(54)74-63(68)48-31-18-7-19-32-48)50-34-20-33-49(39-50)60-53-37-35-51-55(43-21-8-2-9-22-43)40-58(45-25-12-4-13-26-45)71-64(51)66(53)73-62(57(60)42-69)47-29-16-6-17-30-47/h2-41H. The Kier molecular flexibility index (Phi) is 10.8. The van der Waals surface area contributed by atoms with Crippen LogP contribution in [0.25, 0.3) is 138 Å². The zero-order valence-corrected chi connectivity index (χ0v) is 39.8. The summed E-state index contributed by atoms with van der Waals surface area (Å²) in [6, 6.07) is 84.7. The molecule has 0 saturated carbocycles. The molecule has 0 amide bonds. The molecule has 0 aliphatic heterocycles. The summed E-state index contributed by atoms with van der Waals surface area (Å²) in [5, 5.41) is 14.9. The van der Waals surface area contributed by atoms with E-state index in [4.69, 9.17) is 26.5 Å². The Balaban J connectivity index is 1.12. The average Bonchev–Trinajstić information content (AvgIpc) is 3.48. The molecule has 0 unspecified atom stereocenters. The number of rotatable bonds is 8. The van der Waals surface area contributed by atoms with Gasteiger partial charge in [-0.25, -0.2) is 19.8 Å². The maximum absolute atomic E-state index is 11.4. The van der Waals surface area contributed by atoms with Gasteiger partial charge in [0.25, 0.3) is 0 Å². The van der Waals surface area contributed by atoms with Crippen molar-refractivity contribution in [3.05, 3.63) is 260 Å². The van der Waals surface area contributed by atoms with Crippen LogP contribution in [0.4, 0.5) is 5.69 Å². The summed E-state index contributed by atoms with van der Waals surface area (Å²) in [6.07, 6.45) is 0. The van der Waals surface area contributed by atoms with Crippen molar-refractivity contribution in [1.29, 1.82) is 5.26 Å². The van der Waals surface area contributed by atoms with E-state index < -0.39 is 0 Å². The van der Waals surface area contributed by atoms with Crippen LogP contribution in [0.3, 0.4) is 0 Å². The van der Waals surface area contributed by atoms with E-state index in [9.17, 15) is 5.26 Å². The van der Waals surface area contributed by atoms with E-state index in [0.717, 1.165) is 111 Å². The first-order valence-electron chi connectivity index (χ1n) is 24.5. The molecular weight excluding hydrogens is 901 g/mol. The number of benzene rings is 9. The minimum Gasteiger partial charge on any atom is -0.257 e. The van der Waals surface area contributed by atoms with Gasteiger partial charge in [-0.15, -0.1) is 0 Å². The second-order valence-corrected chi connectivity index (χ2v) is 18.2. The third-order valence-corrected chi connectivity index (χ3v) is 13.9. The van der Waals surface area contributed by atoms with Gasteiger partial charge in [0.1, 0.15) is 6.07 Å². The van der Waals surface area contributed by atoms with Crippen LogP contribution < -0.4 is 0 Å². The normalized spacial score (nSPS) is 11.2. The Morgan fingerprint density at radius 2 is 0.676 bits per heavy atom. The van der Waals surface area contributed by atoms with Crippen molar-refractivity contribution in [3.63, 3.8) is 0 Å². The monoisotopic (exact) mass is 940 g/mol. The summed E-state index contributed by atoms with van der Waals surface area (Å²) < 4.78 is 0. The number of aromatic nitrogens is 4. The molecule has 13 rings (SSSR count). The second-order valence-electron chi connectivity index (χ2n) is 18.2. The van der Waals surface area contributed by atoms with Crippen molar-refractivity contribution in [1.82, 2.24) is 19.9 Å². The van der Waals surface area contributed by atoms with Gasteiger partial charge in [-0.2, -0.15) is 5.26 Å². The lowest BCUT2D eigenvalue weighted by Gasteiger charge is -2.19. The predicted molar refractivity (Wildman–Crippen MR) is 302 cm³/mol. The van der Waals surface area contributed by atoms with Crippen molar-refractivity contribution in [2.75, 3.05) is 0 Å². The minimum absolute atomic E-state index is 0.421. The van der Waals surface area contributed by atoms with Gasteiger partial charge < -0.3 is 0 Å². The molecule has 342 valence electrons. The van der Waals surface area contributed by atoms with Crippen LogP contribution in [0.1, 0.15) is 5.56 Å². The highest BCUT2D eigenvalue weighted by atomic mass is 14.8. The summed E-state index contributed by atoms with van der Waals surface area (Å²) in [6.45, 7) is 8.91. The Morgan fingerprint density at radius 1 is 0.324 bits per heavy atom. The van der Waals surface area contributed by atoms with E-state index >= 15 is 0 Å². The number of hydrogen-bond acceptors (Lipinski definition) is 5. The van der Waals surface area contributed by atoms with Gasteiger partial charge in [0.05, 0.1) is 57.0 Å². The molecule has 0 fully saturated rings. The van der Waals surface area contributed by atoms with Gasteiger partial charge in [-0.05, 0) is 68.1 Å². The van der Waals surface area contributed by atoms with E-state index in [1.165, 1.54) is 0 Å². The molecule has 0 spiro atoms. The Bertz CT molecular complexity index is 4120. The Hall–Kier alpha value is -10.4. The first-order valence-corrected chi connectivity index (χ1v) is 24.5. The molecule has 4 aromatic heterocycles. The highest BCUT2D eigenvalue weighted by Gasteiger charge is 2.25. The second kappa shape index (κ2) is 18.4. The van der Waals surface area contributed by atoms with E-state index in [2.05, 4.69) is 138 Å². The summed E-state index contributed by atoms with van der Waals surface area (Å²) in [5.41, 5.74) is 17.3. The molecular formula is C68H40N6. The fourth-order valence-electron chi connectivity index (χ4n) is 10.5. The van der Waals surface area contributed by atoms with Crippen molar-refractivity contribution < 1.29 is 0 Å². The van der Waals surface area contributed by atoms with Gasteiger partial charge in [0, 0.05) is 38.4 Å². The summed E-state index contributed by atoms with van der Waals surface area (Å²) in [7, 11) is 0. The predicted octanol–water partition coefficient (Wildman–Crippen LogP) is 17.6. The topological polar surface area (TPSA) is 79.7 Å². The molecule has 0 atom stereocenters. The fourth-order valence-corrected chi connectivity index (χ4v) is 10.5. The number of fused-ring (bicyclic) bond motifs is 6. The summed E-state index contributed by atoms with van der Waals surface area (Å²) >= 11 is 0. The van der Waals surface area contributed by atoms with Crippen LogP contribution in [0.15, 0.2) is 243 Å². The molecule has 6 heteroatoms. The summed E-state index contributed by atoms with van der Waals surface area (Å²) in [4.78, 5) is 26.1. The van der Waals surface area contributed by atoms with Crippen LogP contribution in [0.2, 0.25) is 0 Å². The van der Waals surface area contributed by atoms with Crippen LogP contribution in [-0.4, -0.2) is 19.9 Å². The lowest BCUT2D eigenvalue weighted by atomic mass is 9.88. The number of hydrogen-bond donors (Lipinski definition) is 0. The molecule has 13 aromatic rings. The maximum Gasteiger partial charge on any atom is 0.221 e. The molecule has 0 N–H and O–H groups in total. The van der Waals surface area contributed by atoms with Crippen molar-refractivity contribution in [2.45, 2.75) is 0 Å². The lowest BCUT2D eigenvalue weighted by Crippen LogP contribution is -1.99. The summed E-state index contributed by atoms with van der Waals surface area (Å²) in [5.74, 6) is 0. The van der Waals surface area contributed by atoms with Gasteiger partial charge in [-0.3, -0.25) is 4.98 Å². The molecule has 0 saturated heterocycles. The molecule has 0 bridgehead atoms. The zero-order valence-electron chi connectivity index (χ0n) is 39.8. The van der Waals surface area contributed by atoms with Gasteiger partial charge in [-0.1, -0.05) is 224 Å². The van der Waals surface area contributed by atoms with E-state index in [-0.39, 0.29) is 0 Å². The molecule has 0 aliphatic rings.